The zero-order valence-electron chi connectivity index (χ0n) is 12.3. The van der Waals surface area contributed by atoms with Crippen molar-refractivity contribution < 1.29 is 0 Å². The molecule has 0 aliphatic heterocycles. The average Bonchev–Trinajstić information content (AvgIpc) is 2.83. The number of aryl methyl sites for hydroxylation is 1. The van der Waals surface area contributed by atoms with Crippen molar-refractivity contribution in [2.75, 3.05) is 11.9 Å². The molecule has 0 amide bonds. The Morgan fingerprint density at radius 1 is 1.35 bits per heavy atom. The third-order valence-electron chi connectivity index (χ3n) is 3.10. The molecule has 0 aliphatic carbocycles. The number of hydrogen-bond acceptors (Lipinski definition) is 4. The third kappa shape index (κ3) is 3.28. The van der Waals surface area contributed by atoms with Crippen molar-refractivity contribution in [3.8, 4) is 0 Å². The van der Waals surface area contributed by atoms with Gasteiger partial charge in [-0.2, -0.15) is 5.10 Å². The first-order valence-corrected chi connectivity index (χ1v) is 7.15. The minimum Gasteiger partial charge on any atom is -0.367 e. The van der Waals surface area contributed by atoms with Crippen molar-refractivity contribution in [2.24, 2.45) is 7.05 Å². The molecule has 0 saturated carbocycles. The van der Waals surface area contributed by atoms with Crippen LogP contribution in [0.1, 0.15) is 36.8 Å². The second kappa shape index (κ2) is 6.22. The summed E-state index contributed by atoms with van der Waals surface area (Å²) in [4.78, 5) is 11.1. The molecule has 2 aromatic heterocycles. The van der Waals surface area contributed by atoms with Crippen LogP contribution in [0.2, 0.25) is 0 Å². The molecule has 0 N–H and O–H groups in total. The van der Waals surface area contributed by atoms with Crippen LogP contribution in [0.3, 0.4) is 0 Å². The van der Waals surface area contributed by atoms with Crippen molar-refractivity contribution in [3.05, 3.63) is 35.7 Å². The number of anilines is 1. The maximum absolute atomic E-state index is 6.03. The molecule has 0 unspecified atom stereocenters. The smallest absolute Gasteiger partial charge is 0.131 e. The lowest BCUT2D eigenvalue weighted by molar-refractivity contribution is 0.757. The Bertz CT molecular complexity index is 579. The number of nitrogens with zero attached hydrogens (tertiary/aromatic N) is 5. The lowest BCUT2D eigenvalue weighted by Gasteiger charge is -2.21. The SMILES string of the molecule is CC(C)c1ncc(N(C)Cc2cnn(C)c2)c(CCl)n1. The summed E-state index contributed by atoms with van der Waals surface area (Å²) >= 11 is 6.03. The maximum atomic E-state index is 6.03. The molecule has 0 bridgehead atoms. The van der Waals surface area contributed by atoms with Crippen LogP contribution in [-0.4, -0.2) is 26.8 Å². The first kappa shape index (κ1) is 14.8. The molecule has 108 valence electrons. The number of hydrogen-bond donors (Lipinski definition) is 0. The van der Waals surface area contributed by atoms with E-state index < -0.39 is 0 Å². The molecule has 0 atom stereocenters. The lowest BCUT2D eigenvalue weighted by Crippen LogP contribution is -2.19. The van der Waals surface area contributed by atoms with E-state index in [2.05, 4.69) is 33.8 Å². The summed E-state index contributed by atoms with van der Waals surface area (Å²) in [6.45, 7) is 4.90. The van der Waals surface area contributed by atoms with Crippen LogP contribution in [0.5, 0.6) is 0 Å². The van der Waals surface area contributed by atoms with Crippen LogP contribution < -0.4 is 4.90 Å². The van der Waals surface area contributed by atoms with Gasteiger partial charge in [0.1, 0.15) is 5.82 Å². The van der Waals surface area contributed by atoms with Crippen LogP contribution in [0.4, 0.5) is 5.69 Å². The quantitative estimate of drug-likeness (QED) is 0.795. The van der Waals surface area contributed by atoms with Gasteiger partial charge in [-0.15, -0.1) is 11.6 Å². The van der Waals surface area contributed by atoms with Gasteiger partial charge < -0.3 is 4.90 Å². The molecule has 6 heteroatoms. The van der Waals surface area contributed by atoms with Gasteiger partial charge in [0.15, 0.2) is 0 Å². The Hall–Kier alpha value is -1.62. The van der Waals surface area contributed by atoms with E-state index in [1.54, 1.807) is 4.68 Å². The summed E-state index contributed by atoms with van der Waals surface area (Å²) in [7, 11) is 3.92. The molecular weight excluding hydrogens is 274 g/mol. The van der Waals surface area contributed by atoms with E-state index in [1.165, 1.54) is 0 Å². The van der Waals surface area contributed by atoms with Gasteiger partial charge in [-0.1, -0.05) is 13.8 Å². The highest BCUT2D eigenvalue weighted by molar-refractivity contribution is 6.17. The monoisotopic (exact) mass is 293 g/mol. The van der Waals surface area contributed by atoms with Crippen molar-refractivity contribution in [1.82, 2.24) is 19.7 Å². The highest BCUT2D eigenvalue weighted by Crippen LogP contribution is 2.22. The van der Waals surface area contributed by atoms with Crippen molar-refractivity contribution in [1.29, 1.82) is 0 Å². The standard InChI is InChI=1S/C14H20ClN5/c1-10(2)14-16-7-13(12(5-15)18-14)19(3)8-11-6-17-20(4)9-11/h6-7,9-10H,5,8H2,1-4H3. The van der Waals surface area contributed by atoms with Gasteiger partial charge in [0.25, 0.3) is 0 Å². The normalized spacial score (nSPS) is 11.1. The highest BCUT2D eigenvalue weighted by atomic mass is 35.5. The fourth-order valence-corrected chi connectivity index (χ4v) is 2.23. The van der Waals surface area contributed by atoms with Crippen molar-refractivity contribution in [3.63, 3.8) is 0 Å². The van der Waals surface area contributed by atoms with E-state index in [0.29, 0.717) is 11.8 Å². The average molecular weight is 294 g/mol. The molecule has 2 aromatic rings. The molecule has 0 radical (unpaired) electrons. The number of rotatable bonds is 5. The maximum Gasteiger partial charge on any atom is 0.131 e. The molecule has 0 saturated heterocycles. The molecule has 20 heavy (non-hydrogen) atoms. The molecule has 2 heterocycles. The molecular formula is C14H20ClN5. The molecule has 2 rings (SSSR count). The van der Waals surface area contributed by atoms with Crippen molar-refractivity contribution in [2.45, 2.75) is 32.2 Å². The number of halogens is 1. The molecule has 0 aromatic carbocycles. The van der Waals surface area contributed by atoms with Gasteiger partial charge in [-0.25, -0.2) is 9.97 Å². The van der Waals surface area contributed by atoms with E-state index in [9.17, 15) is 0 Å². The Morgan fingerprint density at radius 2 is 2.10 bits per heavy atom. The predicted molar refractivity (Wildman–Crippen MR) is 81.0 cm³/mol. The van der Waals surface area contributed by atoms with Gasteiger partial charge in [0.05, 0.1) is 29.7 Å². The summed E-state index contributed by atoms with van der Waals surface area (Å²) in [6, 6.07) is 0. The van der Waals surface area contributed by atoms with Crippen LogP contribution in [0, 0.1) is 0 Å². The van der Waals surface area contributed by atoms with Gasteiger partial charge in [0, 0.05) is 38.3 Å². The second-order valence-electron chi connectivity index (χ2n) is 5.23. The van der Waals surface area contributed by atoms with Gasteiger partial charge in [-0.3, -0.25) is 4.68 Å². The van der Waals surface area contributed by atoms with E-state index >= 15 is 0 Å². The Labute approximate surface area is 124 Å². The second-order valence-corrected chi connectivity index (χ2v) is 5.49. The topological polar surface area (TPSA) is 46.8 Å². The van der Waals surface area contributed by atoms with Crippen LogP contribution in [0.25, 0.3) is 0 Å². The molecule has 0 aliphatic rings. The zero-order chi connectivity index (χ0) is 14.7. The molecule has 0 fully saturated rings. The summed E-state index contributed by atoms with van der Waals surface area (Å²) < 4.78 is 1.80. The molecule has 5 nitrogen and oxygen atoms in total. The summed E-state index contributed by atoms with van der Waals surface area (Å²) in [5, 5.41) is 4.18. The minimum atomic E-state index is 0.301. The first-order valence-electron chi connectivity index (χ1n) is 6.61. The Morgan fingerprint density at radius 3 is 2.65 bits per heavy atom. The Kier molecular flexibility index (Phi) is 4.60. The van der Waals surface area contributed by atoms with E-state index in [1.807, 2.05) is 32.7 Å². The fraction of sp³-hybridized carbons (Fsp3) is 0.500. The zero-order valence-corrected chi connectivity index (χ0v) is 13.1. The lowest BCUT2D eigenvalue weighted by atomic mass is 10.2. The first-order chi connectivity index (χ1) is 9.51. The van der Waals surface area contributed by atoms with E-state index in [0.717, 1.165) is 29.3 Å². The number of aromatic nitrogens is 4. The van der Waals surface area contributed by atoms with Gasteiger partial charge in [-0.05, 0) is 0 Å². The fourth-order valence-electron chi connectivity index (χ4n) is 2.03. The molecule has 0 spiro atoms. The summed E-state index contributed by atoms with van der Waals surface area (Å²) in [5.74, 6) is 1.52. The van der Waals surface area contributed by atoms with Gasteiger partial charge >= 0.3 is 0 Å². The van der Waals surface area contributed by atoms with Crippen molar-refractivity contribution >= 4 is 17.3 Å². The largest absolute Gasteiger partial charge is 0.367 e. The predicted octanol–water partition coefficient (Wildman–Crippen LogP) is 2.71. The number of alkyl halides is 1. The summed E-state index contributed by atoms with van der Waals surface area (Å²) in [5.41, 5.74) is 2.98. The van der Waals surface area contributed by atoms with E-state index in [-0.39, 0.29) is 0 Å². The Balaban J connectivity index is 2.22. The third-order valence-corrected chi connectivity index (χ3v) is 3.35. The summed E-state index contributed by atoms with van der Waals surface area (Å²) in [6.07, 6.45) is 5.72. The van der Waals surface area contributed by atoms with Crippen LogP contribution in [0.15, 0.2) is 18.6 Å². The minimum absolute atomic E-state index is 0.301. The van der Waals surface area contributed by atoms with Crippen LogP contribution in [-0.2, 0) is 19.5 Å². The highest BCUT2D eigenvalue weighted by Gasteiger charge is 2.13. The van der Waals surface area contributed by atoms with Crippen LogP contribution >= 0.6 is 11.6 Å². The van der Waals surface area contributed by atoms with E-state index in [4.69, 9.17) is 11.6 Å². The van der Waals surface area contributed by atoms with Gasteiger partial charge in [0.2, 0.25) is 0 Å².